The highest BCUT2D eigenvalue weighted by molar-refractivity contribution is 5.82. The number of aliphatic carboxylic acids is 1. The molecular weight excluding hydrogens is 575 g/mol. The molecule has 1 saturated carbocycles. The number of carbonyl (C=O) groups is 2. The first-order valence-corrected chi connectivity index (χ1v) is 13.2. The van der Waals surface area contributed by atoms with Crippen LogP contribution in [-0.4, -0.2) is 70.6 Å². The molecule has 1 aromatic carbocycles. The molecule has 0 radical (unpaired) electrons. The van der Waals surface area contributed by atoms with Gasteiger partial charge in [-0.05, 0) is 68.3 Å². The van der Waals surface area contributed by atoms with Crippen molar-refractivity contribution in [1.82, 2.24) is 9.80 Å². The van der Waals surface area contributed by atoms with Crippen LogP contribution in [0.2, 0.25) is 0 Å². The van der Waals surface area contributed by atoms with Crippen LogP contribution in [-0.2, 0) is 27.7 Å². The molecule has 0 aromatic heterocycles. The van der Waals surface area contributed by atoms with Crippen LogP contribution >= 0.6 is 0 Å². The van der Waals surface area contributed by atoms with Gasteiger partial charge >= 0.3 is 30.6 Å². The molecule has 15 heteroatoms. The minimum Gasteiger partial charge on any atom is -0.481 e. The van der Waals surface area contributed by atoms with Gasteiger partial charge in [-0.25, -0.2) is 4.79 Å². The average molecular weight is 605 g/mol. The maximum absolute atomic E-state index is 13.6. The van der Waals surface area contributed by atoms with Crippen molar-refractivity contribution in [2.75, 3.05) is 19.6 Å². The van der Waals surface area contributed by atoms with Crippen LogP contribution in [0.5, 0.6) is 0 Å². The van der Waals surface area contributed by atoms with Gasteiger partial charge in [0.25, 0.3) is 6.10 Å². The van der Waals surface area contributed by atoms with E-state index >= 15 is 0 Å². The number of carboxylic acids is 1. The first-order chi connectivity index (χ1) is 18.9. The van der Waals surface area contributed by atoms with Gasteiger partial charge in [-0.3, -0.25) is 9.69 Å². The van der Waals surface area contributed by atoms with Gasteiger partial charge < -0.3 is 14.7 Å². The van der Waals surface area contributed by atoms with E-state index < -0.39 is 53.2 Å². The number of likely N-dealkylation sites (tertiary alicyclic amines) is 2. The minimum absolute atomic E-state index is 0.103. The summed E-state index contributed by atoms with van der Waals surface area (Å²) in [4.78, 5) is 27.4. The molecule has 1 aromatic rings. The van der Waals surface area contributed by atoms with Crippen molar-refractivity contribution in [3.8, 4) is 0 Å². The molecule has 230 valence electrons. The molecule has 6 nitrogen and oxygen atoms in total. The van der Waals surface area contributed by atoms with Crippen LogP contribution in [0.3, 0.4) is 0 Å². The van der Waals surface area contributed by atoms with Crippen molar-refractivity contribution >= 4 is 12.1 Å². The zero-order valence-electron chi connectivity index (χ0n) is 21.8. The molecule has 1 N–H and O–H groups in total. The predicted molar refractivity (Wildman–Crippen MR) is 125 cm³/mol. The van der Waals surface area contributed by atoms with Crippen LogP contribution < -0.4 is 0 Å². The maximum atomic E-state index is 13.6. The summed E-state index contributed by atoms with van der Waals surface area (Å²) in [5.41, 5.74) is -2.52. The largest absolute Gasteiger partial charge is 0.481 e. The summed E-state index contributed by atoms with van der Waals surface area (Å²) in [7, 11) is 0. The Morgan fingerprint density at radius 3 is 1.95 bits per heavy atom. The number of ether oxygens (including phenoxy) is 1. The highest BCUT2D eigenvalue weighted by Gasteiger charge is 2.60. The number of benzene rings is 1. The lowest BCUT2D eigenvalue weighted by Gasteiger charge is -2.45. The fraction of sp³-hybridized carbons (Fsp3) is 0.692. The van der Waals surface area contributed by atoms with Gasteiger partial charge in [0.15, 0.2) is 0 Å². The number of hydrogen-bond acceptors (Lipinski definition) is 4. The van der Waals surface area contributed by atoms with Gasteiger partial charge in [-0.2, -0.15) is 39.5 Å². The topological polar surface area (TPSA) is 70.1 Å². The van der Waals surface area contributed by atoms with Crippen molar-refractivity contribution in [2.24, 2.45) is 0 Å². The van der Waals surface area contributed by atoms with Gasteiger partial charge in [0, 0.05) is 25.2 Å². The highest BCUT2D eigenvalue weighted by Crippen LogP contribution is 2.47. The Kier molecular flexibility index (Phi) is 8.26. The number of hydrogen-bond donors (Lipinski definition) is 1. The van der Waals surface area contributed by atoms with Gasteiger partial charge in [-0.1, -0.05) is 18.9 Å². The smallest absolute Gasteiger partial charge is 0.434 e. The Morgan fingerprint density at radius 1 is 0.854 bits per heavy atom. The molecule has 1 aliphatic carbocycles. The zero-order valence-corrected chi connectivity index (χ0v) is 21.8. The molecule has 0 bridgehead atoms. The second kappa shape index (κ2) is 10.8. The lowest BCUT2D eigenvalue weighted by molar-refractivity contribution is -0.308. The standard InChI is InChI=1S/C26H29F9N2O4/c27-24(28,29)17-5-4-16(18(14-17)23(20(38)39)7-1-2-8-23)15-37-11-3-6-22(37)9-12-36(13-10-22)21(40)41-19(25(30,31)32)26(33,34)35/h4-5,14,19H,1-3,6-13,15H2,(H,38,39). The van der Waals surface area contributed by atoms with Gasteiger partial charge in [0.1, 0.15) is 0 Å². The van der Waals surface area contributed by atoms with E-state index in [0.717, 1.165) is 17.0 Å². The summed E-state index contributed by atoms with van der Waals surface area (Å²) >= 11 is 0. The van der Waals surface area contributed by atoms with E-state index in [1.54, 1.807) is 0 Å². The van der Waals surface area contributed by atoms with Crippen molar-refractivity contribution in [3.05, 3.63) is 34.9 Å². The molecule has 0 atom stereocenters. The quantitative estimate of drug-likeness (QED) is 0.381. The summed E-state index contributed by atoms with van der Waals surface area (Å²) in [5, 5.41) is 10.1. The third-order valence-electron chi connectivity index (χ3n) is 8.69. The third-order valence-corrected chi connectivity index (χ3v) is 8.69. The number of nitrogens with zero attached hydrogens (tertiary/aromatic N) is 2. The number of amides is 1. The molecular formula is C26H29F9N2O4. The molecule has 1 spiro atoms. The Bertz CT molecular complexity index is 1120. The summed E-state index contributed by atoms with van der Waals surface area (Å²) in [6.45, 7) is 0.236. The zero-order chi connectivity index (χ0) is 30.4. The molecule has 1 amide bonds. The number of carboxylic acid groups (broad SMARTS) is 1. The van der Waals surface area contributed by atoms with Crippen LogP contribution in [0.25, 0.3) is 0 Å². The van der Waals surface area contributed by atoms with E-state index in [4.69, 9.17) is 0 Å². The fourth-order valence-electron chi connectivity index (χ4n) is 6.53. The number of halogens is 9. The third kappa shape index (κ3) is 6.24. The monoisotopic (exact) mass is 604 g/mol. The van der Waals surface area contributed by atoms with Gasteiger partial charge in [0.05, 0.1) is 11.0 Å². The summed E-state index contributed by atoms with van der Waals surface area (Å²) < 4.78 is 122. The summed E-state index contributed by atoms with van der Waals surface area (Å²) in [6, 6.07) is 3.10. The minimum atomic E-state index is -5.83. The van der Waals surface area contributed by atoms with E-state index in [1.165, 1.54) is 6.07 Å². The molecule has 3 fully saturated rings. The Hall–Kier alpha value is -2.71. The Balaban J connectivity index is 1.54. The Labute approximate surface area is 229 Å². The van der Waals surface area contributed by atoms with E-state index in [0.29, 0.717) is 37.8 Å². The molecule has 0 unspecified atom stereocenters. The fourth-order valence-corrected chi connectivity index (χ4v) is 6.53. The summed E-state index contributed by atoms with van der Waals surface area (Å²) in [6.07, 6.45) is -19.2. The van der Waals surface area contributed by atoms with Crippen LogP contribution in [0.4, 0.5) is 44.3 Å². The van der Waals surface area contributed by atoms with Crippen LogP contribution in [0, 0.1) is 0 Å². The number of piperidine rings is 1. The van der Waals surface area contributed by atoms with Gasteiger partial charge in [-0.15, -0.1) is 0 Å². The molecule has 4 rings (SSSR count). The number of alkyl halides is 9. The molecule has 41 heavy (non-hydrogen) atoms. The highest BCUT2D eigenvalue weighted by atomic mass is 19.4. The lowest BCUT2D eigenvalue weighted by atomic mass is 9.75. The predicted octanol–water partition coefficient (Wildman–Crippen LogP) is 6.66. The SMILES string of the molecule is O=C(OC(C(F)(F)F)C(F)(F)F)N1CCC2(CCCN2Cc2ccc(C(F)(F)F)cc2C2(C(=O)O)CCCC2)CC1. The van der Waals surface area contributed by atoms with Crippen LogP contribution in [0.15, 0.2) is 18.2 Å². The van der Waals surface area contributed by atoms with Crippen LogP contribution in [0.1, 0.15) is 68.1 Å². The Morgan fingerprint density at radius 2 is 1.44 bits per heavy atom. The first-order valence-electron chi connectivity index (χ1n) is 13.2. The van der Waals surface area contributed by atoms with E-state index in [1.807, 2.05) is 4.90 Å². The van der Waals surface area contributed by atoms with Crippen molar-refractivity contribution in [1.29, 1.82) is 0 Å². The summed E-state index contributed by atoms with van der Waals surface area (Å²) in [5.74, 6) is -1.20. The van der Waals surface area contributed by atoms with E-state index in [2.05, 4.69) is 4.74 Å². The number of carbonyl (C=O) groups excluding carboxylic acids is 1. The maximum Gasteiger partial charge on any atom is 0.434 e. The molecule has 2 aliphatic heterocycles. The average Bonchev–Trinajstić information content (AvgIpc) is 3.50. The molecule has 2 heterocycles. The van der Waals surface area contributed by atoms with Gasteiger partial charge in [0.2, 0.25) is 0 Å². The molecule has 2 saturated heterocycles. The lowest BCUT2D eigenvalue weighted by Crippen LogP contribution is -2.54. The van der Waals surface area contributed by atoms with Crippen molar-refractivity contribution in [2.45, 2.75) is 93.5 Å². The van der Waals surface area contributed by atoms with E-state index in [-0.39, 0.29) is 50.9 Å². The number of rotatable bonds is 5. The normalized spacial score (nSPS) is 21.6. The van der Waals surface area contributed by atoms with Crippen molar-refractivity contribution < 1.29 is 58.9 Å². The van der Waals surface area contributed by atoms with E-state index in [9.17, 15) is 54.2 Å². The first kappa shape index (κ1) is 31.2. The van der Waals surface area contributed by atoms with Crippen molar-refractivity contribution in [3.63, 3.8) is 0 Å². The second-order valence-electron chi connectivity index (χ2n) is 11.0. The second-order valence-corrected chi connectivity index (χ2v) is 11.0. The molecule has 3 aliphatic rings.